The minimum atomic E-state index is 0.129. The molecule has 0 radical (unpaired) electrons. The lowest BCUT2D eigenvalue weighted by atomic mass is 10.1. The van der Waals surface area contributed by atoms with Gasteiger partial charge in [-0.05, 0) is 17.7 Å². The van der Waals surface area contributed by atoms with Gasteiger partial charge in [-0.1, -0.05) is 83.0 Å². The van der Waals surface area contributed by atoms with Crippen LogP contribution in [-0.4, -0.2) is 9.97 Å². The van der Waals surface area contributed by atoms with Crippen molar-refractivity contribution in [3.63, 3.8) is 0 Å². The minimum Gasteiger partial charge on any atom is -0.221 e. The molecule has 7 heteroatoms. The van der Waals surface area contributed by atoms with E-state index in [2.05, 4.69) is 16.0 Å². The lowest BCUT2D eigenvalue weighted by Gasteiger charge is -2.09. The van der Waals surface area contributed by atoms with Crippen LogP contribution in [0.25, 0.3) is 11.3 Å². The summed E-state index contributed by atoms with van der Waals surface area (Å²) >= 11 is 19.9. The van der Waals surface area contributed by atoms with Crippen molar-refractivity contribution in [3.8, 4) is 17.3 Å². The Morgan fingerprint density at radius 3 is 2.24 bits per heavy atom. The van der Waals surface area contributed by atoms with E-state index in [1.807, 2.05) is 30.3 Å². The van der Waals surface area contributed by atoms with Gasteiger partial charge in [0.1, 0.15) is 11.6 Å². The fraction of sp³-hybridized carbons (Fsp3) is 0.0556. The van der Waals surface area contributed by atoms with Crippen LogP contribution in [0, 0.1) is 11.3 Å². The molecule has 0 fully saturated rings. The van der Waals surface area contributed by atoms with Gasteiger partial charge in [0.05, 0.1) is 5.69 Å². The molecule has 1 heterocycles. The molecule has 0 saturated heterocycles. The Balaban J connectivity index is 1.96. The predicted octanol–water partition coefficient (Wildman–Crippen LogP) is 6.27. The van der Waals surface area contributed by atoms with Crippen molar-refractivity contribution >= 4 is 46.6 Å². The third kappa shape index (κ3) is 4.08. The summed E-state index contributed by atoms with van der Waals surface area (Å²) in [5, 5.41) is 11.1. The molecule has 0 aliphatic heterocycles. The molecule has 2 aromatic carbocycles. The molecule has 0 amide bonds. The van der Waals surface area contributed by atoms with Crippen LogP contribution in [0.2, 0.25) is 15.2 Å². The monoisotopic (exact) mass is 405 g/mol. The molecule has 1 aromatic heterocycles. The fourth-order valence-corrected chi connectivity index (χ4v) is 4.04. The molecule has 3 aromatic rings. The molecule has 0 N–H and O–H groups in total. The second-order valence-corrected chi connectivity index (χ2v) is 7.10. The minimum absolute atomic E-state index is 0.129. The Morgan fingerprint density at radius 1 is 0.920 bits per heavy atom. The van der Waals surface area contributed by atoms with E-state index < -0.39 is 0 Å². The highest BCUT2D eigenvalue weighted by Crippen LogP contribution is 2.33. The van der Waals surface area contributed by atoms with Crippen LogP contribution in [0.3, 0.4) is 0 Å². The van der Waals surface area contributed by atoms with E-state index in [1.54, 1.807) is 18.2 Å². The first-order chi connectivity index (χ1) is 12.1. The second kappa shape index (κ2) is 8.07. The Hall–Kier alpha value is -1.77. The molecule has 0 aliphatic rings. The maximum absolute atomic E-state index is 9.38. The van der Waals surface area contributed by atoms with Crippen LogP contribution in [0.4, 0.5) is 0 Å². The first-order valence-electron chi connectivity index (χ1n) is 7.19. The van der Waals surface area contributed by atoms with E-state index in [0.717, 1.165) is 11.1 Å². The average molecular weight is 407 g/mol. The van der Waals surface area contributed by atoms with Crippen molar-refractivity contribution < 1.29 is 0 Å². The summed E-state index contributed by atoms with van der Waals surface area (Å²) in [5.41, 5.74) is 2.38. The van der Waals surface area contributed by atoms with E-state index in [-0.39, 0.29) is 10.7 Å². The zero-order valence-corrected chi connectivity index (χ0v) is 15.8. The molecular formula is C18H10Cl3N3S. The average Bonchev–Trinajstić information content (AvgIpc) is 2.61. The first-order valence-corrected chi connectivity index (χ1v) is 9.31. The lowest BCUT2D eigenvalue weighted by molar-refractivity contribution is 0.966. The van der Waals surface area contributed by atoms with Gasteiger partial charge in [-0.15, -0.1) is 0 Å². The summed E-state index contributed by atoms with van der Waals surface area (Å²) in [6, 6.07) is 16.8. The summed E-state index contributed by atoms with van der Waals surface area (Å²) < 4.78 is 0. The lowest BCUT2D eigenvalue weighted by Crippen LogP contribution is -1.97. The van der Waals surface area contributed by atoms with Crippen molar-refractivity contribution in [2.45, 2.75) is 10.9 Å². The number of hydrogen-bond acceptors (Lipinski definition) is 4. The molecule has 0 unspecified atom stereocenters. The van der Waals surface area contributed by atoms with Crippen molar-refractivity contribution in [1.82, 2.24) is 9.97 Å². The van der Waals surface area contributed by atoms with Crippen molar-refractivity contribution in [3.05, 3.63) is 74.9 Å². The van der Waals surface area contributed by atoms with Crippen LogP contribution in [-0.2, 0) is 5.75 Å². The molecule has 3 rings (SSSR count). The SMILES string of the molecule is N#Cc1c(Cl)nc(SCc2c(Cl)cccc2Cl)nc1-c1ccccc1. The molecule has 0 bridgehead atoms. The predicted molar refractivity (Wildman–Crippen MR) is 103 cm³/mol. The summed E-state index contributed by atoms with van der Waals surface area (Å²) in [5.74, 6) is 0.495. The molecule has 0 spiro atoms. The van der Waals surface area contributed by atoms with Gasteiger partial charge in [-0.2, -0.15) is 5.26 Å². The Bertz CT molecular complexity index is 936. The van der Waals surface area contributed by atoms with E-state index in [0.29, 0.717) is 26.6 Å². The summed E-state index contributed by atoms with van der Waals surface area (Å²) in [7, 11) is 0. The quantitative estimate of drug-likeness (QED) is 0.291. The van der Waals surface area contributed by atoms with Crippen LogP contribution in [0.1, 0.15) is 11.1 Å². The van der Waals surface area contributed by atoms with E-state index in [9.17, 15) is 5.26 Å². The van der Waals surface area contributed by atoms with Crippen LogP contribution in [0.15, 0.2) is 53.7 Å². The van der Waals surface area contributed by atoms with E-state index >= 15 is 0 Å². The molecule has 0 saturated carbocycles. The van der Waals surface area contributed by atoms with Crippen LogP contribution >= 0.6 is 46.6 Å². The van der Waals surface area contributed by atoms with Gasteiger partial charge in [0.2, 0.25) is 0 Å². The summed E-state index contributed by atoms with van der Waals surface area (Å²) in [4.78, 5) is 8.72. The van der Waals surface area contributed by atoms with Crippen LogP contribution in [0.5, 0.6) is 0 Å². The number of halogens is 3. The number of nitriles is 1. The number of rotatable bonds is 4. The number of benzene rings is 2. The highest BCUT2D eigenvalue weighted by Gasteiger charge is 2.16. The summed E-state index contributed by atoms with van der Waals surface area (Å²) in [6.45, 7) is 0. The summed E-state index contributed by atoms with van der Waals surface area (Å²) in [6.07, 6.45) is 0. The topological polar surface area (TPSA) is 49.6 Å². The number of hydrogen-bond donors (Lipinski definition) is 0. The van der Waals surface area contributed by atoms with E-state index in [4.69, 9.17) is 34.8 Å². The highest BCUT2D eigenvalue weighted by atomic mass is 35.5. The van der Waals surface area contributed by atoms with Gasteiger partial charge in [-0.25, -0.2) is 9.97 Å². The molecule has 3 nitrogen and oxygen atoms in total. The Morgan fingerprint density at radius 2 is 1.60 bits per heavy atom. The Kier molecular flexibility index (Phi) is 5.82. The van der Waals surface area contributed by atoms with Gasteiger partial charge >= 0.3 is 0 Å². The normalized spacial score (nSPS) is 10.5. The second-order valence-electron chi connectivity index (χ2n) is 4.99. The molecule has 124 valence electrons. The molecular weight excluding hydrogens is 397 g/mol. The Labute approximate surface area is 164 Å². The van der Waals surface area contributed by atoms with Gasteiger partial charge in [0.25, 0.3) is 0 Å². The van der Waals surface area contributed by atoms with Crippen LogP contribution < -0.4 is 0 Å². The van der Waals surface area contributed by atoms with Gasteiger partial charge < -0.3 is 0 Å². The standard InChI is InChI=1S/C18H10Cl3N3S/c19-14-7-4-8-15(20)13(14)10-25-18-23-16(11-5-2-1-3-6-11)12(9-22)17(21)24-18/h1-8H,10H2. The third-order valence-electron chi connectivity index (χ3n) is 3.41. The molecule has 25 heavy (non-hydrogen) atoms. The molecule has 0 aliphatic carbocycles. The number of aromatic nitrogens is 2. The smallest absolute Gasteiger partial charge is 0.189 e. The fourth-order valence-electron chi connectivity index (χ4n) is 2.19. The van der Waals surface area contributed by atoms with Gasteiger partial charge in [0.15, 0.2) is 10.3 Å². The highest BCUT2D eigenvalue weighted by molar-refractivity contribution is 7.98. The maximum atomic E-state index is 9.38. The zero-order chi connectivity index (χ0) is 17.8. The number of thioether (sulfide) groups is 1. The van der Waals surface area contributed by atoms with E-state index in [1.165, 1.54) is 11.8 Å². The molecule has 0 atom stereocenters. The van der Waals surface area contributed by atoms with Crippen molar-refractivity contribution in [2.75, 3.05) is 0 Å². The zero-order valence-electron chi connectivity index (χ0n) is 12.7. The van der Waals surface area contributed by atoms with Crippen molar-refractivity contribution in [1.29, 1.82) is 5.26 Å². The number of nitrogens with zero attached hydrogens (tertiary/aromatic N) is 3. The maximum Gasteiger partial charge on any atom is 0.189 e. The van der Waals surface area contributed by atoms with Gasteiger partial charge in [-0.3, -0.25) is 0 Å². The van der Waals surface area contributed by atoms with Gasteiger partial charge in [0, 0.05) is 21.4 Å². The third-order valence-corrected chi connectivity index (χ3v) is 5.27. The largest absolute Gasteiger partial charge is 0.221 e. The first kappa shape index (κ1) is 18.0. The van der Waals surface area contributed by atoms with Crippen molar-refractivity contribution in [2.24, 2.45) is 0 Å².